The third-order valence-corrected chi connectivity index (χ3v) is 4.18. The van der Waals surface area contributed by atoms with Crippen LogP contribution in [-0.4, -0.2) is 33.9 Å². The Kier molecular flexibility index (Phi) is 4.03. The lowest BCUT2D eigenvalue weighted by Gasteiger charge is -2.31. The van der Waals surface area contributed by atoms with E-state index >= 15 is 0 Å². The van der Waals surface area contributed by atoms with Crippen LogP contribution in [0, 0.1) is 12.8 Å². The standard InChI is InChI=1S/C16H22N4O/c1-12-4-5-15-18-14(7-16(21)20(15)9-12)11-19-6-2-3-13(8-17)10-19/h4-5,7,9,13H,2-3,6,8,10-11,17H2,1H3. The minimum Gasteiger partial charge on any atom is -0.330 e. The Morgan fingerprint density at radius 2 is 2.29 bits per heavy atom. The molecule has 1 unspecified atom stereocenters. The molecule has 1 aliphatic heterocycles. The number of aromatic nitrogens is 2. The Morgan fingerprint density at radius 1 is 1.43 bits per heavy atom. The lowest BCUT2D eigenvalue weighted by atomic mass is 9.98. The molecule has 2 aromatic rings. The van der Waals surface area contributed by atoms with Crippen LogP contribution in [0.1, 0.15) is 24.1 Å². The summed E-state index contributed by atoms with van der Waals surface area (Å²) in [6.07, 6.45) is 4.22. The fourth-order valence-electron chi connectivity index (χ4n) is 3.06. The van der Waals surface area contributed by atoms with Gasteiger partial charge < -0.3 is 5.73 Å². The van der Waals surface area contributed by atoms with Crippen molar-refractivity contribution in [2.75, 3.05) is 19.6 Å². The molecule has 0 bridgehead atoms. The smallest absolute Gasteiger partial charge is 0.258 e. The SMILES string of the molecule is Cc1ccc2nc(CN3CCCC(CN)C3)cc(=O)n2c1. The van der Waals surface area contributed by atoms with E-state index in [0.29, 0.717) is 5.92 Å². The van der Waals surface area contributed by atoms with Gasteiger partial charge in [-0.15, -0.1) is 0 Å². The van der Waals surface area contributed by atoms with Crippen molar-refractivity contribution < 1.29 is 0 Å². The monoisotopic (exact) mass is 286 g/mol. The normalized spacial score (nSPS) is 20.0. The van der Waals surface area contributed by atoms with Crippen molar-refractivity contribution in [3.63, 3.8) is 0 Å². The first kappa shape index (κ1) is 14.2. The van der Waals surface area contributed by atoms with Gasteiger partial charge in [0.25, 0.3) is 5.56 Å². The van der Waals surface area contributed by atoms with Gasteiger partial charge in [0.2, 0.25) is 0 Å². The number of likely N-dealkylation sites (tertiary alicyclic amines) is 1. The molecule has 3 rings (SSSR count). The van der Waals surface area contributed by atoms with Crippen LogP contribution in [0.4, 0.5) is 0 Å². The van der Waals surface area contributed by atoms with Crippen molar-refractivity contribution in [3.05, 3.63) is 46.0 Å². The van der Waals surface area contributed by atoms with Crippen molar-refractivity contribution >= 4 is 5.65 Å². The molecule has 0 spiro atoms. The zero-order valence-corrected chi connectivity index (χ0v) is 12.5. The first-order valence-corrected chi connectivity index (χ1v) is 7.57. The van der Waals surface area contributed by atoms with Gasteiger partial charge in [-0.05, 0) is 50.4 Å². The fraction of sp³-hybridized carbons (Fsp3) is 0.500. The van der Waals surface area contributed by atoms with Crippen molar-refractivity contribution in [1.29, 1.82) is 0 Å². The van der Waals surface area contributed by atoms with Crippen LogP contribution in [0.2, 0.25) is 0 Å². The van der Waals surface area contributed by atoms with Crippen LogP contribution < -0.4 is 11.3 Å². The maximum absolute atomic E-state index is 12.2. The number of hydrogen-bond donors (Lipinski definition) is 1. The molecule has 1 saturated heterocycles. The van der Waals surface area contributed by atoms with E-state index in [2.05, 4.69) is 9.88 Å². The van der Waals surface area contributed by atoms with Crippen LogP contribution >= 0.6 is 0 Å². The van der Waals surface area contributed by atoms with Crippen LogP contribution in [-0.2, 0) is 6.54 Å². The Balaban J connectivity index is 1.84. The average molecular weight is 286 g/mol. The minimum absolute atomic E-state index is 0.00826. The van der Waals surface area contributed by atoms with E-state index in [-0.39, 0.29) is 5.56 Å². The second-order valence-electron chi connectivity index (χ2n) is 6.00. The number of hydrogen-bond acceptors (Lipinski definition) is 4. The van der Waals surface area contributed by atoms with Crippen LogP contribution in [0.3, 0.4) is 0 Å². The maximum atomic E-state index is 12.2. The van der Waals surface area contributed by atoms with E-state index in [4.69, 9.17) is 5.73 Å². The van der Waals surface area contributed by atoms with E-state index in [0.717, 1.165) is 43.1 Å². The van der Waals surface area contributed by atoms with Crippen LogP contribution in [0.15, 0.2) is 29.2 Å². The Bertz CT molecular complexity index is 694. The van der Waals surface area contributed by atoms with Gasteiger partial charge in [0.05, 0.1) is 5.69 Å². The zero-order chi connectivity index (χ0) is 14.8. The molecule has 2 N–H and O–H groups in total. The first-order valence-electron chi connectivity index (χ1n) is 7.57. The number of nitrogens with zero attached hydrogens (tertiary/aromatic N) is 3. The summed E-state index contributed by atoms with van der Waals surface area (Å²) in [5.74, 6) is 0.572. The van der Waals surface area contributed by atoms with Crippen LogP contribution in [0.5, 0.6) is 0 Å². The molecule has 0 radical (unpaired) electrons. The summed E-state index contributed by atoms with van der Waals surface area (Å²) >= 11 is 0. The van der Waals surface area contributed by atoms with Crippen molar-refractivity contribution in [3.8, 4) is 0 Å². The largest absolute Gasteiger partial charge is 0.330 e. The van der Waals surface area contributed by atoms with Gasteiger partial charge >= 0.3 is 0 Å². The lowest BCUT2D eigenvalue weighted by Crippen LogP contribution is -2.38. The number of aryl methyl sites for hydroxylation is 1. The Hall–Kier alpha value is -1.72. The quantitative estimate of drug-likeness (QED) is 0.920. The van der Waals surface area contributed by atoms with Crippen molar-refractivity contribution in [2.24, 2.45) is 11.7 Å². The van der Waals surface area contributed by atoms with Gasteiger partial charge in [-0.25, -0.2) is 4.98 Å². The highest BCUT2D eigenvalue weighted by Gasteiger charge is 2.19. The summed E-state index contributed by atoms with van der Waals surface area (Å²) < 4.78 is 1.61. The molecule has 3 heterocycles. The summed E-state index contributed by atoms with van der Waals surface area (Å²) in [4.78, 5) is 19.2. The zero-order valence-electron chi connectivity index (χ0n) is 12.5. The molecule has 1 fully saturated rings. The van der Waals surface area contributed by atoms with Gasteiger partial charge in [-0.1, -0.05) is 6.07 Å². The summed E-state index contributed by atoms with van der Waals surface area (Å²) in [5.41, 5.74) is 8.39. The first-order chi connectivity index (χ1) is 10.2. The second kappa shape index (κ2) is 5.95. The molecule has 0 aliphatic carbocycles. The van der Waals surface area contributed by atoms with E-state index in [1.165, 1.54) is 12.8 Å². The van der Waals surface area contributed by atoms with Gasteiger partial charge in [0.15, 0.2) is 0 Å². The molecule has 0 saturated carbocycles. The molecule has 2 aromatic heterocycles. The molecule has 0 amide bonds. The number of nitrogens with two attached hydrogens (primary N) is 1. The number of pyridine rings is 1. The highest BCUT2D eigenvalue weighted by atomic mass is 16.1. The van der Waals surface area contributed by atoms with E-state index in [1.54, 1.807) is 10.5 Å². The topological polar surface area (TPSA) is 63.6 Å². The summed E-state index contributed by atoms with van der Waals surface area (Å²) in [6.45, 7) is 5.51. The summed E-state index contributed by atoms with van der Waals surface area (Å²) in [7, 11) is 0. The molecular formula is C16H22N4O. The minimum atomic E-state index is -0.00826. The highest BCUT2D eigenvalue weighted by molar-refractivity contribution is 5.39. The number of fused-ring (bicyclic) bond motifs is 1. The maximum Gasteiger partial charge on any atom is 0.258 e. The Morgan fingerprint density at radius 3 is 3.10 bits per heavy atom. The summed E-state index contributed by atoms with van der Waals surface area (Å²) in [6, 6.07) is 5.54. The van der Waals surface area contributed by atoms with Crippen LogP contribution in [0.25, 0.3) is 5.65 Å². The molecular weight excluding hydrogens is 264 g/mol. The molecule has 1 aliphatic rings. The van der Waals surface area contributed by atoms with Crippen molar-refractivity contribution in [1.82, 2.24) is 14.3 Å². The molecule has 21 heavy (non-hydrogen) atoms. The van der Waals surface area contributed by atoms with E-state index in [1.807, 2.05) is 25.3 Å². The molecule has 0 aromatic carbocycles. The van der Waals surface area contributed by atoms with Gasteiger partial charge in [0, 0.05) is 25.4 Å². The second-order valence-corrected chi connectivity index (χ2v) is 6.00. The molecule has 112 valence electrons. The third kappa shape index (κ3) is 3.14. The predicted molar refractivity (Wildman–Crippen MR) is 83.3 cm³/mol. The average Bonchev–Trinajstić information content (AvgIpc) is 2.48. The molecule has 5 nitrogen and oxygen atoms in total. The van der Waals surface area contributed by atoms with Crippen molar-refractivity contribution in [2.45, 2.75) is 26.3 Å². The molecule has 1 atom stereocenters. The third-order valence-electron chi connectivity index (χ3n) is 4.18. The van der Waals surface area contributed by atoms with Gasteiger partial charge in [0.1, 0.15) is 5.65 Å². The van der Waals surface area contributed by atoms with Gasteiger partial charge in [-0.2, -0.15) is 0 Å². The van der Waals surface area contributed by atoms with E-state index < -0.39 is 0 Å². The number of rotatable bonds is 3. The fourth-order valence-corrected chi connectivity index (χ4v) is 3.06. The van der Waals surface area contributed by atoms with Gasteiger partial charge in [-0.3, -0.25) is 14.1 Å². The molecule has 5 heteroatoms. The highest BCUT2D eigenvalue weighted by Crippen LogP contribution is 2.17. The lowest BCUT2D eigenvalue weighted by molar-refractivity contribution is 0.169. The Labute approximate surface area is 124 Å². The summed E-state index contributed by atoms with van der Waals surface area (Å²) in [5, 5.41) is 0. The predicted octanol–water partition coefficient (Wildman–Crippen LogP) is 1.17. The van der Waals surface area contributed by atoms with E-state index in [9.17, 15) is 4.79 Å². The number of piperidine rings is 1.